The van der Waals surface area contributed by atoms with Crippen LogP contribution in [0.4, 0.5) is 8.78 Å². The van der Waals surface area contributed by atoms with Crippen LogP contribution in [0.2, 0.25) is 0 Å². The third-order valence-corrected chi connectivity index (χ3v) is 4.99. The summed E-state index contributed by atoms with van der Waals surface area (Å²) in [6.07, 6.45) is 4.78. The maximum absolute atomic E-state index is 13.4. The van der Waals surface area contributed by atoms with E-state index in [0.717, 1.165) is 25.5 Å². The summed E-state index contributed by atoms with van der Waals surface area (Å²) < 4.78 is 26.4. The van der Waals surface area contributed by atoms with Gasteiger partial charge in [-0.2, -0.15) is 0 Å². The zero-order valence-electron chi connectivity index (χ0n) is 14.2. The second-order valence-electron chi connectivity index (χ2n) is 6.36. The van der Waals surface area contributed by atoms with E-state index in [1.54, 1.807) is 11.9 Å². The molecule has 3 nitrogen and oxygen atoms in total. The predicted octanol–water partition coefficient (Wildman–Crippen LogP) is 3.75. The normalized spacial score (nSPS) is 16.8. The number of rotatable bonds is 6. The highest BCUT2D eigenvalue weighted by Gasteiger charge is 2.26. The Morgan fingerprint density at radius 2 is 1.91 bits per heavy atom. The lowest BCUT2D eigenvalue weighted by Crippen LogP contribution is -2.43. The summed E-state index contributed by atoms with van der Waals surface area (Å²) in [6, 6.07) is 4.01. The summed E-state index contributed by atoms with van der Waals surface area (Å²) in [5.74, 6) is -1.74. The molecule has 0 heterocycles. The quantitative estimate of drug-likeness (QED) is 0.796. The summed E-state index contributed by atoms with van der Waals surface area (Å²) >= 11 is 0. The summed E-state index contributed by atoms with van der Waals surface area (Å²) in [4.78, 5) is 16.4. The van der Waals surface area contributed by atoms with Crippen molar-refractivity contribution in [1.29, 1.82) is 0 Å². The van der Waals surface area contributed by atoms with Crippen LogP contribution in [-0.2, 0) is 4.79 Å². The van der Waals surface area contributed by atoms with E-state index < -0.39 is 11.6 Å². The van der Waals surface area contributed by atoms with Gasteiger partial charge in [-0.05, 0) is 44.0 Å². The molecular weight excluding hydrogens is 298 g/mol. The van der Waals surface area contributed by atoms with E-state index in [-0.39, 0.29) is 11.9 Å². The van der Waals surface area contributed by atoms with E-state index in [2.05, 4.69) is 11.8 Å². The lowest BCUT2D eigenvalue weighted by atomic mass is 10.1. The van der Waals surface area contributed by atoms with Crippen molar-refractivity contribution in [2.24, 2.45) is 0 Å². The van der Waals surface area contributed by atoms with E-state index in [1.165, 1.54) is 25.0 Å². The number of hydrogen-bond acceptors (Lipinski definition) is 2. The molecule has 128 valence electrons. The van der Waals surface area contributed by atoms with Crippen LogP contribution in [0.5, 0.6) is 0 Å². The molecule has 5 heteroatoms. The highest BCUT2D eigenvalue weighted by molar-refractivity contribution is 5.78. The molecule has 1 fully saturated rings. The second kappa shape index (κ2) is 7.86. The largest absolute Gasteiger partial charge is 0.338 e. The van der Waals surface area contributed by atoms with Crippen molar-refractivity contribution in [3.63, 3.8) is 0 Å². The van der Waals surface area contributed by atoms with Gasteiger partial charge in [0, 0.05) is 13.1 Å². The maximum atomic E-state index is 13.4. The minimum atomic E-state index is -0.878. The Morgan fingerprint density at radius 1 is 1.26 bits per heavy atom. The fourth-order valence-electron chi connectivity index (χ4n) is 3.27. The first-order chi connectivity index (χ1) is 10.9. The van der Waals surface area contributed by atoms with Crippen LogP contribution in [0, 0.1) is 11.6 Å². The molecule has 1 aromatic rings. The molecule has 0 saturated heterocycles. The Kier molecular flexibility index (Phi) is 6.10. The minimum Gasteiger partial charge on any atom is -0.338 e. The van der Waals surface area contributed by atoms with Gasteiger partial charge in [-0.1, -0.05) is 25.8 Å². The second-order valence-corrected chi connectivity index (χ2v) is 6.36. The van der Waals surface area contributed by atoms with Crippen LogP contribution >= 0.6 is 0 Å². The highest BCUT2D eigenvalue weighted by atomic mass is 19.2. The molecule has 0 N–H and O–H groups in total. The molecule has 1 aliphatic carbocycles. The lowest BCUT2D eigenvalue weighted by Gasteiger charge is -2.31. The number of carbonyl (C=O) groups is 1. The number of halogens is 2. The molecule has 0 bridgehead atoms. The SMILES string of the molecule is CCN(CC(=O)N(C)[C@@H](C)c1ccc(F)c(F)c1)C1CCCC1. The fourth-order valence-corrected chi connectivity index (χ4v) is 3.27. The van der Waals surface area contributed by atoms with Crippen LogP contribution < -0.4 is 0 Å². The van der Waals surface area contributed by atoms with Gasteiger partial charge >= 0.3 is 0 Å². The van der Waals surface area contributed by atoms with Crippen LogP contribution in [0.15, 0.2) is 18.2 Å². The van der Waals surface area contributed by atoms with Gasteiger partial charge in [0.25, 0.3) is 0 Å². The van der Waals surface area contributed by atoms with Gasteiger partial charge in [0.05, 0.1) is 12.6 Å². The highest BCUT2D eigenvalue weighted by Crippen LogP contribution is 2.24. The molecule has 1 saturated carbocycles. The first-order valence-electron chi connectivity index (χ1n) is 8.38. The zero-order valence-corrected chi connectivity index (χ0v) is 14.2. The van der Waals surface area contributed by atoms with Crippen molar-refractivity contribution in [3.8, 4) is 0 Å². The lowest BCUT2D eigenvalue weighted by molar-refractivity contribution is -0.133. The first-order valence-corrected chi connectivity index (χ1v) is 8.38. The Bertz CT molecular complexity index is 544. The van der Waals surface area contributed by atoms with E-state index in [0.29, 0.717) is 18.2 Å². The van der Waals surface area contributed by atoms with E-state index in [1.807, 2.05) is 6.92 Å². The van der Waals surface area contributed by atoms with Crippen molar-refractivity contribution in [2.75, 3.05) is 20.1 Å². The number of likely N-dealkylation sites (N-methyl/N-ethyl adjacent to an activating group) is 2. The van der Waals surface area contributed by atoms with Crippen molar-refractivity contribution in [1.82, 2.24) is 9.80 Å². The number of carbonyl (C=O) groups excluding carboxylic acids is 1. The third kappa shape index (κ3) is 4.28. The molecule has 23 heavy (non-hydrogen) atoms. The number of hydrogen-bond donors (Lipinski definition) is 0. The van der Waals surface area contributed by atoms with Gasteiger partial charge in [0.2, 0.25) is 5.91 Å². The van der Waals surface area contributed by atoms with E-state index in [4.69, 9.17) is 0 Å². The van der Waals surface area contributed by atoms with Gasteiger partial charge < -0.3 is 4.90 Å². The Labute approximate surface area is 137 Å². The van der Waals surface area contributed by atoms with Crippen LogP contribution in [0.1, 0.15) is 51.1 Å². The van der Waals surface area contributed by atoms with Gasteiger partial charge in [0.1, 0.15) is 0 Å². The van der Waals surface area contributed by atoms with Gasteiger partial charge in [0.15, 0.2) is 11.6 Å². The van der Waals surface area contributed by atoms with Crippen molar-refractivity contribution >= 4 is 5.91 Å². The summed E-state index contributed by atoms with van der Waals surface area (Å²) in [5, 5.41) is 0. The van der Waals surface area contributed by atoms with Crippen LogP contribution in [0.3, 0.4) is 0 Å². The van der Waals surface area contributed by atoms with Gasteiger partial charge in [-0.3, -0.25) is 9.69 Å². The van der Waals surface area contributed by atoms with Crippen LogP contribution in [0.25, 0.3) is 0 Å². The monoisotopic (exact) mass is 324 g/mol. The van der Waals surface area contributed by atoms with Crippen molar-refractivity contribution in [2.45, 2.75) is 51.6 Å². The first kappa shape index (κ1) is 17.9. The fraction of sp³-hybridized carbons (Fsp3) is 0.611. The molecule has 1 aliphatic rings. The topological polar surface area (TPSA) is 23.6 Å². The van der Waals surface area contributed by atoms with Crippen molar-refractivity contribution < 1.29 is 13.6 Å². The average Bonchev–Trinajstić information content (AvgIpc) is 3.07. The third-order valence-electron chi connectivity index (χ3n) is 4.99. The summed E-state index contributed by atoms with van der Waals surface area (Å²) in [5.41, 5.74) is 0.601. The van der Waals surface area contributed by atoms with Crippen molar-refractivity contribution in [3.05, 3.63) is 35.4 Å². The Morgan fingerprint density at radius 3 is 2.48 bits per heavy atom. The van der Waals surface area contributed by atoms with Gasteiger partial charge in [-0.25, -0.2) is 8.78 Å². The average molecular weight is 324 g/mol. The molecule has 0 aromatic heterocycles. The maximum Gasteiger partial charge on any atom is 0.237 e. The smallest absolute Gasteiger partial charge is 0.237 e. The molecule has 1 aromatic carbocycles. The Balaban J connectivity index is 2.01. The summed E-state index contributed by atoms with van der Waals surface area (Å²) in [6.45, 7) is 5.14. The molecule has 0 spiro atoms. The van der Waals surface area contributed by atoms with E-state index >= 15 is 0 Å². The molecule has 1 atom stereocenters. The molecule has 0 unspecified atom stereocenters. The number of amides is 1. The molecule has 0 aliphatic heterocycles. The standard InChI is InChI=1S/C18H26F2N2O/c1-4-22(15-7-5-6-8-15)12-18(23)21(3)13(2)14-9-10-16(19)17(20)11-14/h9-11,13,15H,4-8,12H2,1-3H3/t13-/m0/s1. The molecule has 2 rings (SSSR count). The zero-order chi connectivity index (χ0) is 17.0. The minimum absolute atomic E-state index is 0.0102. The van der Waals surface area contributed by atoms with Gasteiger partial charge in [-0.15, -0.1) is 0 Å². The van der Waals surface area contributed by atoms with Crippen LogP contribution in [-0.4, -0.2) is 41.9 Å². The molecular formula is C18H26F2N2O. The Hall–Kier alpha value is -1.49. The molecule has 1 amide bonds. The van der Waals surface area contributed by atoms with E-state index in [9.17, 15) is 13.6 Å². The number of benzene rings is 1. The predicted molar refractivity (Wildman–Crippen MR) is 87.0 cm³/mol. The number of nitrogens with zero attached hydrogens (tertiary/aromatic N) is 2. The molecule has 0 radical (unpaired) electrons. The summed E-state index contributed by atoms with van der Waals surface area (Å²) in [7, 11) is 1.72.